The number of nitrogens with zero attached hydrogens (tertiary/aromatic N) is 3. The zero-order chi connectivity index (χ0) is 26.8. The Kier molecular flexibility index (Phi) is 6.86. The Labute approximate surface area is 228 Å². The van der Waals surface area contributed by atoms with Crippen LogP contribution in [0, 0.1) is 13.8 Å². The Morgan fingerprint density at radius 3 is 2.38 bits per heavy atom. The maximum atomic E-state index is 14.6. The van der Waals surface area contributed by atoms with E-state index < -0.39 is 0 Å². The quantitative estimate of drug-likeness (QED) is 0.297. The first-order valence-corrected chi connectivity index (χ1v) is 13.5. The first-order valence-electron chi connectivity index (χ1n) is 13.5. The molecular weight excluding hydrogens is 484 g/mol. The summed E-state index contributed by atoms with van der Waals surface area (Å²) in [5.41, 5.74) is 6.12. The molecule has 1 amide bonds. The molecule has 1 saturated heterocycles. The minimum absolute atomic E-state index is 0.0144. The number of carbonyl (C=O) groups is 1. The van der Waals surface area contributed by atoms with Crippen molar-refractivity contribution in [2.24, 2.45) is 0 Å². The molecule has 1 aliphatic rings. The van der Waals surface area contributed by atoms with Crippen molar-refractivity contribution in [3.63, 3.8) is 0 Å². The Morgan fingerprint density at radius 1 is 0.923 bits per heavy atom. The van der Waals surface area contributed by atoms with Crippen molar-refractivity contribution >= 4 is 16.9 Å². The van der Waals surface area contributed by atoms with Gasteiger partial charge in [-0.25, -0.2) is 0 Å². The van der Waals surface area contributed by atoms with Gasteiger partial charge in [0.15, 0.2) is 0 Å². The second-order valence-electron chi connectivity index (χ2n) is 10.1. The molecule has 1 fully saturated rings. The van der Waals surface area contributed by atoms with Gasteiger partial charge < -0.3 is 15.0 Å². The maximum absolute atomic E-state index is 14.6. The van der Waals surface area contributed by atoms with Crippen molar-refractivity contribution in [1.29, 1.82) is 0 Å². The monoisotopic (exact) mass is 516 g/mol. The van der Waals surface area contributed by atoms with Crippen molar-refractivity contribution in [3.8, 4) is 17.3 Å². The van der Waals surface area contributed by atoms with Gasteiger partial charge >= 0.3 is 0 Å². The van der Waals surface area contributed by atoms with Gasteiger partial charge in [-0.1, -0.05) is 66.7 Å². The second kappa shape index (κ2) is 10.8. The van der Waals surface area contributed by atoms with E-state index in [9.17, 15) is 4.79 Å². The average molecular weight is 517 g/mol. The number of aromatic nitrogens is 2. The molecule has 1 aliphatic heterocycles. The smallest absolute Gasteiger partial charge is 0.261 e. The molecule has 0 spiro atoms. The molecular formula is C33H32N4O2. The van der Waals surface area contributed by atoms with Gasteiger partial charge in [0.25, 0.3) is 5.91 Å². The Balaban J connectivity index is 1.53. The third-order valence-electron chi connectivity index (χ3n) is 7.44. The van der Waals surface area contributed by atoms with Crippen LogP contribution in [0.25, 0.3) is 16.7 Å². The highest BCUT2D eigenvalue weighted by Crippen LogP contribution is 2.39. The number of nitrogens with one attached hydrogen (secondary N) is 1. The molecule has 0 bridgehead atoms. The number of hydrogen-bond acceptors (Lipinski definition) is 4. The zero-order valence-corrected chi connectivity index (χ0v) is 22.3. The van der Waals surface area contributed by atoms with Crippen LogP contribution in [0.2, 0.25) is 0 Å². The number of hydrogen-bond donors (Lipinski definition) is 1. The minimum atomic E-state index is -0.0583. The molecule has 1 N–H and O–H groups in total. The number of carbonyl (C=O) groups excluding carboxylic acids is 1. The van der Waals surface area contributed by atoms with Crippen LogP contribution in [0.15, 0.2) is 97.2 Å². The van der Waals surface area contributed by atoms with Gasteiger partial charge in [0.1, 0.15) is 16.8 Å². The van der Waals surface area contributed by atoms with Gasteiger partial charge in [-0.2, -0.15) is 0 Å². The molecule has 3 heterocycles. The fourth-order valence-electron chi connectivity index (χ4n) is 5.51. The van der Waals surface area contributed by atoms with Crippen molar-refractivity contribution in [3.05, 3.63) is 119 Å². The van der Waals surface area contributed by atoms with E-state index in [4.69, 9.17) is 9.72 Å². The number of para-hydroxylation sites is 2. The van der Waals surface area contributed by atoms with E-state index in [0.29, 0.717) is 23.5 Å². The normalized spacial score (nSPS) is 15.4. The lowest BCUT2D eigenvalue weighted by molar-refractivity contribution is 0.0635. The first-order chi connectivity index (χ1) is 19.1. The summed E-state index contributed by atoms with van der Waals surface area (Å²) in [6.07, 6.45) is 2.52. The van der Waals surface area contributed by atoms with Crippen LogP contribution in [-0.4, -0.2) is 46.0 Å². The number of fused-ring (bicyclic) bond motifs is 1. The maximum Gasteiger partial charge on any atom is 0.261 e. The summed E-state index contributed by atoms with van der Waals surface area (Å²) in [6, 6.07) is 30.4. The summed E-state index contributed by atoms with van der Waals surface area (Å²) in [5, 5.41) is 3.48. The van der Waals surface area contributed by atoms with Crippen LogP contribution < -0.4 is 10.1 Å². The van der Waals surface area contributed by atoms with Crippen LogP contribution in [0.1, 0.15) is 27.0 Å². The van der Waals surface area contributed by atoms with E-state index in [-0.39, 0.29) is 11.9 Å². The molecule has 1 atom stereocenters. The highest BCUT2D eigenvalue weighted by molar-refractivity contribution is 6.09. The third-order valence-corrected chi connectivity index (χ3v) is 7.44. The lowest BCUT2D eigenvalue weighted by Crippen LogP contribution is -2.54. The van der Waals surface area contributed by atoms with Crippen molar-refractivity contribution in [2.45, 2.75) is 26.3 Å². The SMILES string of the molecule is Cc1cccc(C)c1Oc1c(C(=O)N2CCNC[C@@H]2Cc2ccccc2)c2ncccc2n1-c1ccccc1. The number of piperazine rings is 1. The molecule has 6 nitrogen and oxygen atoms in total. The summed E-state index contributed by atoms with van der Waals surface area (Å²) in [4.78, 5) is 21.3. The second-order valence-corrected chi connectivity index (χ2v) is 10.1. The summed E-state index contributed by atoms with van der Waals surface area (Å²) in [5.74, 6) is 1.19. The molecule has 5 aromatic rings. The molecule has 0 saturated carbocycles. The van der Waals surface area contributed by atoms with Crippen LogP contribution in [-0.2, 0) is 6.42 Å². The fraction of sp³-hybridized carbons (Fsp3) is 0.212. The fourth-order valence-corrected chi connectivity index (χ4v) is 5.51. The molecule has 3 aromatic carbocycles. The van der Waals surface area contributed by atoms with Crippen molar-refractivity contribution in [1.82, 2.24) is 19.8 Å². The minimum Gasteiger partial charge on any atom is -0.439 e. The lowest BCUT2D eigenvalue weighted by Gasteiger charge is -2.36. The predicted octanol–water partition coefficient (Wildman–Crippen LogP) is 6.09. The van der Waals surface area contributed by atoms with Gasteiger partial charge in [0.05, 0.1) is 5.52 Å². The molecule has 0 unspecified atom stereocenters. The standard InChI is InChI=1S/C33H32N4O2/c1-23-11-9-12-24(2)31(23)39-33-29(30-28(17-10-18-35-30)37(33)26-15-7-4-8-16-26)32(38)36-20-19-34-22-27(36)21-25-13-5-3-6-14-25/h3-18,27,34H,19-22H2,1-2H3/t27-/m0/s1. The highest BCUT2D eigenvalue weighted by Gasteiger charge is 2.34. The molecule has 196 valence electrons. The number of pyridine rings is 1. The van der Waals surface area contributed by atoms with E-state index in [1.807, 2.05) is 102 Å². The van der Waals surface area contributed by atoms with E-state index in [1.165, 1.54) is 5.56 Å². The Hall–Kier alpha value is -4.42. The highest BCUT2D eigenvalue weighted by atomic mass is 16.5. The molecule has 2 aromatic heterocycles. The number of rotatable bonds is 6. The topological polar surface area (TPSA) is 59.4 Å². The van der Waals surface area contributed by atoms with Gasteiger partial charge in [0.2, 0.25) is 5.88 Å². The van der Waals surface area contributed by atoms with Crippen LogP contribution in [0.4, 0.5) is 0 Å². The zero-order valence-electron chi connectivity index (χ0n) is 22.3. The predicted molar refractivity (Wildman–Crippen MR) is 155 cm³/mol. The van der Waals surface area contributed by atoms with E-state index in [1.54, 1.807) is 6.20 Å². The molecule has 39 heavy (non-hydrogen) atoms. The molecule has 6 heteroatoms. The van der Waals surface area contributed by atoms with E-state index in [0.717, 1.165) is 47.6 Å². The van der Waals surface area contributed by atoms with Crippen molar-refractivity contribution < 1.29 is 9.53 Å². The number of aryl methyl sites for hydroxylation is 2. The lowest BCUT2D eigenvalue weighted by atomic mass is 10.0. The number of ether oxygens (including phenoxy) is 1. The first kappa shape index (κ1) is 24.9. The Morgan fingerprint density at radius 2 is 1.64 bits per heavy atom. The van der Waals surface area contributed by atoms with Crippen LogP contribution >= 0.6 is 0 Å². The van der Waals surface area contributed by atoms with Crippen LogP contribution in [0.5, 0.6) is 11.6 Å². The Bertz CT molecular complexity index is 1590. The van der Waals surface area contributed by atoms with Gasteiger partial charge in [-0.3, -0.25) is 14.3 Å². The number of benzene rings is 3. The van der Waals surface area contributed by atoms with Crippen LogP contribution in [0.3, 0.4) is 0 Å². The van der Waals surface area contributed by atoms with Gasteiger partial charge in [-0.05, 0) is 61.2 Å². The summed E-state index contributed by atoms with van der Waals surface area (Å²) < 4.78 is 8.79. The summed E-state index contributed by atoms with van der Waals surface area (Å²) in [7, 11) is 0. The molecule has 6 rings (SSSR count). The van der Waals surface area contributed by atoms with E-state index >= 15 is 0 Å². The average Bonchev–Trinajstić information content (AvgIpc) is 3.30. The van der Waals surface area contributed by atoms with Gasteiger partial charge in [0, 0.05) is 37.6 Å². The number of amides is 1. The molecule has 0 aliphatic carbocycles. The molecule has 0 radical (unpaired) electrons. The third kappa shape index (κ3) is 4.79. The van der Waals surface area contributed by atoms with E-state index in [2.05, 4.69) is 17.4 Å². The van der Waals surface area contributed by atoms with Crippen molar-refractivity contribution in [2.75, 3.05) is 19.6 Å². The summed E-state index contributed by atoms with van der Waals surface area (Å²) in [6.45, 7) is 6.16. The summed E-state index contributed by atoms with van der Waals surface area (Å²) >= 11 is 0. The largest absolute Gasteiger partial charge is 0.439 e. The van der Waals surface area contributed by atoms with Gasteiger partial charge in [-0.15, -0.1) is 0 Å².